The minimum absolute atomic E-state index is 0.996. The molecule has 0 fully saturated rings. The first-order valence-electron chi connectivity index (χ1n) is 5.23. The predicted octanol–water partition coefficient (Wildman–Crippen LogP) is 4.61. The highest BCUT2D eigenvalue weighted by atomic mass is 79.9. The van der Waals surface area contributed by atoms with Gasteiger partial charge >= 0.3 is 0 Å². The third-order valence-corrected chi connectivity index (χ3v) is 3.86. The molecule has 0 radical (unpaired) electrons. The van der Waals surface area contributed by atoms with Gasteiger partial charge in [-0.15, -0.1) is 0 Å². The Bertz CT molecular complexity index is 331. The number of pyridine rings is 1. The van der Waals surface area contributed by atoms with E-state index in [9.17, 15) is 0 Å². The summed E-state index contributed by atoms with van der Waals surface area (Å²) in [6, 6.07) is 2.03. The van der Waals surface area contributed by atoms with E-state index < -0.39 is 0 Å². The molecule has 0 aliphatic heterocycles. The van der Waals surface area contributed by atoms with Crippen LogP contribution in [0.5, 0.6) is 0 Å². The molecule has 0 atom stereocenters. The molecule has 1 aromatic heterocycles. The smallest absolute Gasteiger partial charge is 0.142 e. The van der Waals surface area contributed by atoms with Gasteiger partial charge in [0.15, 0.2) is 0 Å². The fourth-order valence-corrected chi connectivity index (χ4v) is 3.10. The zero-order valence-corrected chi connectivity index (χ0v) is 14.0. The average molecular weight is 415 g/mol. The van der Waals surface area contributed by atoms with Gasteiger partial charge in [0.2, 0.25) is 0 Å². The molecule has 0 spiro atoms. The lowest BCUT2D eigenvalue weighted by Gasteiger charge is -2.19. The van der Waals surface area contributed by atoms with E-state index in [2.05, 4.69) is 64.7 Å². The fraction of sp³-hybridized carbons (Fsp3) is 0.545. The topological polar surface area (TPSA) is 16.1 Å². The standard InChI is InChI=1S/C11H15Br3N2/c1-16(6-4-2-3-5-12)11-10(14)7-9(13)8-15-11/h7-8H,2-6H2,1H3. The Morgan fingerprint density at radius 1 is 1.25 bits per heavy atom. The number of alkyl halides is 1. The molecule has 0 N–H and O–H groups in total. The summed E-state index contributed by atoms with van der Waals surface area (Å²) < 4.78 is 2.03. The largest absolute Gasteiger partial charge is 0.359 e. The Morgan fingerprint density at radius 3 is 2.62 bits per heavy atom. The van der Waals surface area contributed by atoms with Crippen molar-refractivity contribution < 1.29 is 0 Å². The van der Waals surface area contributed by atoms with Crippen LogP contribution in [0.15, 0.2) is 21.2 Å². The molecule has 0 bridgehead atoms. The van der Waals surface area contributed by atoms with E-state index in [0.29, 0.717) is 0 Å². The highest BCUT2D eigenvalue weighted by Gasteiger charge is 2.07. The molecule has 0 amide bonds. The summed E-state index contributed by atoms with van der Waals surface area (Å²) in [6.07, 6.45) is 5.52. The minimum Gasteiger partial charge on any atom is -0.359 e. The molecule has 5 heteroatoms. The summed E-state index contributed by atoms with van der Waals surface area (Å²) >= 11 is 10.4. The van der Waals surface area contributed by atoms with Gasteiger partial charge in [-0.2, -0.15) is 0 Å². The Kier molecular flexibility index (Phi) is 6.92. The van der Waals surface area contributed by atoms with Crippen LogP contribution in [-0.2, 0) is 0 Å². The van der Waals surface area contributed by atoms with E-state index in [-0.39, 0.29) is 0 Å². The first-order valence-corrected chi connectivity index (χ1v) is 7.94. The third-order valence-electron chi connectivity index (χ3n) is 2.28. The van der Waals surface area contributed by atoms with E-state index in [1.807, 2.05) is 12.3 Å². The van der Waals surface area contributed by atoms with Gasteiger partial charge in [-0.05, 0) is 50.8 Å². The van der Waals surface area contributed by atoms with Crippen LogP contribution in [0.2, 0.25) is 0 Å². The molecule has 0 unspecified atom stereocenters. The van der Waals surface area contributed by atoms with Gasteiger partial charge in [-0.25, -0.2) is 4.98 Å². The summed E-state index contributed by atoms with van der Waals surface area (Å²) in [5.74, 6) is 1.00. The summed E-state index contributed by atoms with van der Waals surface area (Å²) in [4.78, 5) is 6.58. The van der Waals surface area contributed by atoms with Gasteiger partial charge in [0.05, 0.1) is 4.47 Å². The molecular weight excluding hydrogens is 400 g/mol. The molecule has 0 saturated heterocycles. The van der Waals surface area contributed by atoms with Crippen molar-refractivity contribution in [1.29, 1.82) is 0 Å². The lowest BCUT2D eigenvalue weighted by molar-refractivity contribution is 0.706. The van der Waals surface area contributed by atoms with E-state index in [1.165, 1.54) is 19.3 Å². The molecule has 1 aromatic rings. The molecule has 0 aliphatic rings. The molecule has 0 aromatic carbocycles. The predicted molar refractivity (Wildman–Crippen MR) is 80.6 cm³/mol. The second-order valence-electron chi connectivity index (χ2n) is 3.63. The van der Waals surface area contributed by atoms with Crippen LogP contribution in [0.4, 0.5) is 5.82 Å². The monoisotopic (exact) mass is 412 g/mol. The fourth-order valence-electron chi connectivity index (χ4n) is 1.41. The number of aromatic nitrogens is 1. The van der Waals surface area contributed by atoms with Gasteiger partial charge in [0, 0.05) is 29.6 Å². The van der Waals surface area contributed by atoms with Crippen molar-refractivity contribution >= 4 is 53.6 Å². The molecule has 16 heavy (non-hydrogen) atoms. The maximum Gasteiger partial charge on any atom is 0.142 e. The molecule has 1 heterocycles. The summed E-state index contributed by atoms with van der Waals surface area (Å²) in [5, 5.41) is 1.09. The lowest BCUT2D eigenvalue weighted by Crippen LogP contribution is -2.20. The van der Waals surface area contributed by atoms with Crippen LogP contribution >= 0.6 is 47.8 Å². The van der Waals surface area contributed by atoms with Crippen molar-refractivity contribution in [2.75, 3.05) is 23.8 Å². The number of hydrogen-bond acceptors (Lipinski definition) is 2. The quantitative estimate of drug-likeness (QED) is 0.499. The van der Waals surface area contributed by atoms with Crippen LogP contribution in [0.1, 0.15) is 19.3 Å². The van der Waals surface area contributed by atoms with Crippen molar-refractivity contribution in [3.05, 3.63) is 21.2 Å². The highest BCUT2D eigenvalue weighted by molar-refractivity contribution is 9.11. The Morgan fingerprint density at radius 2 is 2.00 bits per heavy atom. The van der Waals surface area contributed by atoms with Crippen LogP contribution < -0.4 is 4.90 Å². The summed E-state index contributed by atoms with van der Waals surface area (Å²) in [7, 11) is 2.08. The van der Waals surface area contributed by atoms with E-state index in [0.717, 1.165) is 26.6 Å². The molecule has 1 rings (SSSR count). The van der Waals surface area contributed by atoms with Gasteiger partial charge in [-0.1, -0.05) is 22.4 Å². The van der Waals surface area contributed by atoms with Gasteiger partial charge in [0.1, 0.15) is 5.82 Å². The SMILES string of the molecule is CN(CCCCCBr)c1ncc(Br)cc1Br. The van der Waals surface area contributed by atoms with Crippen molar-refractivity contribution in [1.82, 2.24) is 4.98 Å². The van der Waals surface area contributed by atoms with Gasteiger partial charge in [0.25, 0.3) is 0 Å². The first kappa shape index (κ1) is 14.5. The Hall–Kier alpha value is 0.390. The normalized spacial score (nSPS) is 10.5. The molecule has 0 aliphatic carbocycles. The highest BCUT2D eigenvalue weighted by Crippen LogP contribution is 2.26. The number of halogens is 3. The van der Waals surface area contributed by atoms with Crippen molar-refractivity contribution in [2.24, 2.45) is 0 Å². The second-order valence-corrected chi connectivity index (χ2v) is 6.19. The second kappa shape index (κ2) is 7.67. The van der Waals surface area contributed by atoms with Crippen molar-refractivity contribution in [3.8, 4) is 0 Å². The van der Waals surface area contributed by atoms with Crippen LogP contribution in [0, 0.1) is 0 Å². The molecule has 90 valence electrons. The van der Waals surface area contributed by atoms with Crippen LogP contribution in [-0.4, -0.2) is 23.9 Å². The maximum atomic E-state index is 4.40. The summed E-state index contributed by atoms with van der Waals surface area (Å²) in [6.45, 7) is 1.04. The number of rotatable bonds is 6. The van der Waals surface area contributed by atoms with Gasteiger partial charge in [-0.3, -0.25) is 0 Å². The van der Waals surface area contributed by atoms with E-state index >= 15 is 0 Å². The molecular formula is C11H15Br3N2. The molecule has 0 saturated carbocycles. The number of unbranched alkanes of at least 4 members (excludes halogenated alkanes) is 2. The average Bonchev–Trinajstić information content (AvgIpc) is 2.24. The van der Waals surface area contributed by atoms with Crippen molar-refractivity contribution in [2.45, 2.75) is 19.3 Å². The number of anilines is 1. The number of hydrogen-bond donors (Lipinski definition) is 0. The van der Waals surface area contributed by atoms with Crippen molar-refractivity contribution in [3.63, 3.8) is 0 Å². The number of nitrogens with zero attached hydrogens (tertiary/aromatic N) is 2. The molecule has 2 nitrogen and oxygen atoms in total. The first-order chi connectivity index (χ1) is 7.65. The van der Waals surface area contributed by atoms with E-state index in [1.54, 1.807) is 0 Å². The minimum atomic E-state index is 0.996. The zero-order chi connectivity index (χ0) is 12.0. The maximum absolute atomic E-state index is 4.40. The van der Waals surface area contributed by atoms with Gasteiger partial charge < -0.3 is 4.90 Å². The lowest BCUT2D eigenvalue weighted by atomic mass is 10.2. The Balaban J connectivity index is 2.49. The zero-order valence-electron chi connectivity index (χ0n) is 9.22. The van der Waals surface area contributed by atoms with Crippen LogP contribution in [0.3, 0.4) is 0 Å². The van der Waals surface area contributed by atoms with E-state index in [4.69, 9.17) is 0 Å². The summed E-state index contributed by atoms with van der Waals surface area (Å²) in [5.41, 5.74) is 0. The van der Waals surface area contributed by atoms with Crippen LogP contribution in [0.25, 0.3) is 0 Å². The Labute approximate surface area is 122 Å². The third kappa shape index (κ3) is 4.72.